The van der Waals surface area contributed by atoms with E-state index in [0.717, 1.165) is 13.0 Å². The molecule has 80 valence electrons. The van der Waals surface area contributed by atoms with Crippen molar-refractivity contribution in [1.29, 1.82) is 0 Å². The monoisotopic (exact) mass is 194 g/mol. The molecular weight excluding hydrogens is 172 g/mol. The summed E-state index contributed by atoms with van der Waals surface area (Å²) in [6.07, 6.45) is 7.70. The van der Waals surface area contributed by atoms with Crippen molar-refractivity contribution >= 4 is 0 Å². The molecule has 0 unspecified atom stereocenters. The summed E-state index contributed by atoms with van der Waals surface area (Å²) < 4.78 is 5.67. The second-order valence-corrected chi connectivity index (χ2v) is 3.96. The van der Waals surface area contributed by atoms with Crippen LogP contribution in [0, 0.1) is 17.8 Å². The molecule has 1 nitrogen and oxygen atoms in total. The predicted octanol–water partition coefficient (Wildman–Crippen LogP) is 3.39. The van der Waals surface area contributed by atoms with Gasteiger partial charge >= 0.3 is 0 Å². The maximum absolute atomic E-state index is 5.67. The summed E-state index contributed by atoms with van der Waals surface area (Å²) >= 11 is 0. The number of hydrogen-bond acceptors (Lipinski definition) is 1. The maximum Gasteiger partial charge on any atom is 0.0712 e. The van der Waals surface area contributed by atoms with Crippen LogP contribution in [-0.2, 0) is 4.74 Å². The Bertz CT molecular complexity index is 199. The van der Waals surface area contributed by atoms with Crippen LogP contribution in [0.15, 0.2) is 0 Å². The van der Waals surface area contributed by atoms with Crippen LogP contribution in [0.1, 0.15) is 52.4 Å². The molecule has 0 saturated heterocycles. The average molecular weight is 194 g/mol. The molecule has 1 fully saturated rings. The molecule has 1 rings (SSSR count). The first-order valence-corrected chi connectivity index (χ1v) is 5.98. The van der Waals surface area contributed by atoms with Gasteiger partial charge in [-0.3, -0.25) is 0 Å². The average Bonchev–Trinajstić information content (AvgIpc) is 2.61. The fourth-order valence-electron chi connectivity index (χ4n) is 1.97. The van der Waals surface area contributed by atoms with E-state index in [2.05, 4.69) is 25.7 Å². The Hall–Kier alpha value is -0.480. The van der Waals surface area contributed by atoms with E-state index in [9.17, 15) is 0 Å². The zero-order valence-corrected chi connectivity index (χ0v) is 9.51. The van der Waals surface area contributed by atoms with Gasteiger partial charge in [-0.2, -0.15) is 0 Å². The Morgan fingerprint density at radius 1 is 1.29 bits per heavy atom. The zero-order chi connectivity index (χ0) is 10.2. The highest BCUT2D eigenvalue weighted by Crippen LogP contribution is 2.27. The molecular formula is C13H22O. The van der Waals surface area contributed by atoms with Gasteiger partial charge < -0.3 is 4.74 Å². The lowest BCUT2D eigenvalue weighted by Gasteiger charge is -2.13. The van der Waals surface area contributed by atoms with Gasteiger partial charge in [0.25, 0.3) is 0 Å². The molecule has 0 radical (unpaired) electrons. The third-order valence-corrected chi connectivity index (χ3v) is 2.78. The SMILES string of the molecule is CCCCC#C[C@H]1CCC[C@H]1OCC. The Morgan fingerprint density at radius 3 is 2.86 bits per heavy atom. The molecule has 0 bridgehead atoms. The highest BCUT2D eigenvalue weighted by atomic mass is 16.5. The quantitative estimate of drug-likeness (QED) is 0.492. The van der Waals surface area contributed by atoms with Gasteiger partial charge in [-0.25, -0.2) is 0 Å². The van der Waals surface area contributed by atoms with Crippen molar-refractivity contribution < 1.29 is 4.74 Å². The van der Waals surface area contributed by atoms with Crippen molar-refractivity contribution in [2.75, 3.05) is 6.61 Å². The molecule has 0 aliphatic heterocycles. The van der Waals surface area contributed by atoms with Crippen molar-refractivity contribution in [3.05, 3.63) is 0 Å². The third-order valence-electron chi connectivity index (χ3n) is 2.78. The second-order valence-electron chi connectivity index (χ2n) is 3.96. The molecule has 1 aliphatic carbocycles. The highest BCUT2D eigenvalue weighted by molar-refractivity contribution is 5.07. The maximum atomic E-state index is 5.67. The zero-order valence-electron chi connectivity index (χ0n) is 9.51. The molecule has 0 aromatic rings. The van der Waals surface area contributed by atoms with Gasteiger partial charge in [-0.1, -0.05) is 19.3 Å². The third kappa shape index (κ3) is 3.72. The summed E-state index contributed by atoms with van der Waals surface area (Å²) in [5.41, 5.74) is 0. The fourth-order valence-corrected chi connectivity index (χ4v) is 1.97. The van der Waals surface area contributed by atoms with E-state index in [-0.39, 0.29) is 0 Å². The summed E-state index contributed by atoms with van der Waals surface area (Å²) in [5, 5.41) is 0. The lowest BCUT2D eigenvalue weighted by atomic mass is 10.1. The Labute approximate surface area is 88.2 Å². The Morgan fingerprint density at radius 2 is 2.14 bits per heavy atom. The van der Waals surface area contributed by atoms with Crippen LogP contribution in [0.3, 0.4) is 0 Å². The summed E-state index contributed by atoms with van der Waals surface area (Å²) in [6.45, 7) is 5.11. The van der Waals surface area contributed by atoms with Gasteiger partial charge in [-0.15, -0.1) is 5.92 Å². The van der Waals surface area contributed by atoms with Crippen LogP contribution >= 0.6 is 0 Å². The van der Waals surface area contributed by atoms with E-state index in [0.29, 0.717) is 12.0 Å². The van der Waals surface area contributed by atoms with Gasteiger partial charge in [0.15, 0.2) is 0 Å². The molecule has 0 heterocycles. The molecule has 0 N–H and O–H groups in total. The van der Waals surface area contributed by atoms with E-state index < -0.39 is 0 Å². The standard InChI is InChI=1S/C13H22O/c1-3-5-6-7-9-12-10-8-11-13(12)14-4-2/h12-13H,3-6,8,10-11H2,1-2H3/t12-,13+/m0/s1. The largest absolute Gasteiger partial charge is 0.377 e. The summed E-state index contributed by atoms with van der Waals surface area (Å²) in [6, 6.07) is 0. The molecule has 0 amide bonds. The molecule has 0 aromatic heterocycles. The Kier molecular flexibility index (Phi) is 5.71. The smallest absolute Gasteiger partial charge is 0.0712 e. The summed E-state index contributed by atoms with van der Waals surface area (Å²) in [5.74, 6) is 7.18. The molecule has 0 aromatic carbocycles. The minimum Gasteiger partial charge on any atom is -0.377 e. The van der Waals surface area contributed by atoms with Crippen LogP contribution in [0.2, 0.25) is 0 Å². The van der Waals surface area contributed by atoms with Crippen molar-refractivity contribution in [2.45, 2.75) is 58.5 Å². The van der Waals surface area contributed by atoms with Gasteiger partial charge in [-0.05, 0) is 32.6 Å². The van der Waals surface area contributed by atoms with Crippen LogP contribution in [0.4, 0.5) is 0 Å². The van der Waals surface area contributed by atoms with Gasteiger partial charge in [0.05, 0.1) is 6.10 Å². The number of unbranched alkanes of at least 4 members (excludes halogenated alkanes) is 2. The number of ether oxygens (including phenoxy) is 1. The van der Waals surface area contributed by atoms with E-state index in [1.165, 1.54) is 32.1 Å². The lowest BCUT2D eigenvalue weighted by molar-refractivity contribution is 0.0510. The minimum absolute atomic E-state index is 0.425. The van der Waals surface area contributed by atoms with Crippen LogP contribution in [-0.4, -0.2) is 12.7 Å². The normalized spacial score (nSPS) is 25.9. The predicted molar refractivity (Wildman–Crippen MR) is 60.1 cm³/mol. The first kappa shape index (κ1) is 11.6. The second kappa shape index (κ2) is 6.90. The molecule has 2 atom stereocenters. The van der Waals surface area contributed by atoms with Crippen LogP contribution in [0.25, 0.3) is 0 Å². The van der Waals surface area contributed by atoms with Crippen molar-refractivity contribution in [1.82, 2.24) is 0 Å². The van der Waals surface area contributed by atoms with Gasteiger partial charge in [0.1, 0.15) is 0 Å². The van der Waals surface area contributed by atoms with E-state index in [1.54, 1.807) is 0 Å². The van der Waals surface area contributed by atoms with Crippen LogP contribution < -0.4 is 0 Å². The molecule has 1 aliphatic rings. The molecule has 14 heavy (non-hydrogen) atoms. The number of rotatable bonds is 4. The molecule has 0 spiro atoms. The fraction of sp³-hybridized carbons (Fsp3) is 0.846. The highest BCUT2D eigenvalue weighted by Gasteiger charge is 2.25. The van der Waals surface area contributed by atoms with Crippen molar-refractivity contribution in [3.8, 4) is 11.8 Å². The van der Waals surface area contributed by atoms with Crippen LogP contribution in [0.5, 0.6) is 0 Å². The number of hydrogen-bond donors (Lipinski definition) is 0. The van der Waals surface area contributed by atoms with E-state index in [4.69, 9.17) is 4.74 Å². The first-order valence-electron chi connectivity index (χ1n) is 5.98. The van der Waals surface area contributed by atoms with E-state index >= 15 is 0 Å². The molecule has 1 heteroatoms. The van der Waals surface area contributed by atoms with Gasteiger partial charge in [0.2, 0.25) is 0 Å². The first-order chi connectivity index (χ1) is 6.88. The topological polar surface area (TPSA) is 9.23 Å². The van der Waals surface area contributed by atoms with E-state index in [1.807, 2.05) is 0 Å². The van der Waals surface area contributed by atoms with Crippen molar-refractivity contribution in [3.63, 3.8) is 0 Å². The summed E-state index contributed by atoms with van der Waals surface area (Å²) in [4.78, 5) is 0. The van der Waals surface area contributed by atoms with Crippen molar-refractivity contribution in [2.24, 2.45) is 5.92 Å². The lowest BCUT2D eigenvalue weighted by Crippen LogP contribution is -2.16. The Balaban J connectivity index is 2.29. The molecule has 1 saturated carbocycles. The minimum atomic E-state index is 0.425. The van der Waals surface area contributed by atoms with Gasteiger partial charge in [0, 0.05) is 18.9 Å². The summed E-state index contributed by atoms with van der Waals surface area (Å²) in [7, 11) is 0.